The number of phosphoric acid groups is 1. The van der Waals surface area contributed by atoms with E-state index < -0.39 is 19.4 Å². The first-order valence-electron chi connectivity index (χ1n) is 11.5. The highest BCUT2D eigenvalue weighted by Crippen LogP contribution is 2.47. The number of phenolic OH excluding ortho intramolecular Hbond substituents is 1. The van der Waals surface area contributed by atoms with Crippen LogP contribution in [0.5, 0.6) is 11.5 Å². The van der Waals surface area contributed by atoms with Gasteiger partial charge in [0.15, 0.2) is 5.60 Å². The van der Waals surface area contributed by atoms with E-state index in [4.69, 9.17) is 4.74 Å². The molecular weight excluding hydrogens is 469 g/mol. The number of fused-ring (bicyclic) bond motifs is 1. The second kappa shape index (κ2) is 10.2. The fraction of sp³-hybridized carbons (Fsp3) is 0.269. The Kier molecular flexibility index (Phi) is 7.28. The zero-order valence-electron chi connectivity index (χ0n) is 19.1. The van der Waals surface area contributed by atoms with E-state index in [1.165, 1.54) is 68.5 Å². The van der Waals surface area contributed by atoms with Crippen LogP contribution in [-0.2, 0) is 14.9 Å². The molecule has 35 heavy (non-hydrogen) atoms. The van der Waals surface area contributed by atoms with Gasteiger partial charge in [0, 0.05) is 16.7 Å². The van der Waals surface area contributed by atoms with Gasteiger partial charge in [-0.15, -0.1) is 0 Å². The summed E-state index contributed by atoms with van der Waals surface area (Å²) in [6.07, 6.45) is 7.05. The molecule has 0 radical (unpaired) electrons. The number of rotatable bonds is 4. The SMILES string of the molecule is O=C1OC(c2ccc(O)cc2)(c2ccc(OP(=O)([O-])[O-])cc2)c2ccccc21.[NH3+]C1CCCCC1. The first-order valence-corrected chi connectivity index (χ1v) is 12.9. The number of hydrogen-bond donors (Lipinski definition) is 2. The van der Waals surface area contributed by atoms with E-state index in [0.717, 1.165) is 6.04 Å². The second-order valence-electron chi connectivity index (χ2n) is 8.73. The summed E-state index contributed by atoms with van der Waals surface area (Å²) in [7, 11) is -5.18. The molecule has 0 bridgehead atoms. The molecule has 1 atom stereocenters. The van der Waals surface area contributed by atoms with E-state index in [9.17, 15) is 24.3 Å². The predicted molar refractivity (Wildman–Crippen MR) is 124 cm³/mol. The molecule has 8 nitrogen and oxygen atoms in total. The van der Waals surface area contributed by atoms with Crippen molar-refractivity contribution in [2.75, 3.05) is 0 Å². The number of phenols is 1. The number of phosphoric ester groups is 1. The topological polar surface area (TPSA) is 147 Å². The highest BCUT2D eigenvalue weighted by atomic mass is 31.2. The summed E-state index contributed by atoms with van der Waals surface area (Å²) < 4.78 is 21.0. The molecule has 1 heterocycles. The number of carbonyl (C=O) groups excluding carboxylic acids is 1. The van der Waals surface area contributed by atoms with Crippen molar-refractivity contribution in [1.82, 2.24) is 0 Å². The molecule has 1 fully saturated rings. The predicted octanol–water partition coefficient (Wildman–Crippen LogP) is 2.62. The van der Waals surface area contributed by atoms with Gasteiger partial charge in [-0.1, -0.05) is 48.9 Å². The summed E-state index contributed by atoms with van der Waals surface area (Å²) in [5, 5.41) is 9.64. The molecule has 2 aliphatic rings. The molecule has 3 aromatic rings. The van der Waals surface area contributed by atoms with Crippen LogP contribution in [0, 0.1) is 0 Å². The monoisotopic (exact) mass is 496 g/mol. The van der Waals surface area contributed by atoms with Gasteiger partial charge in [0.1, 0.15) is 19.3 Å². The van der Waals surface area contributed by atoms with Crippen molar-refractivity contribution in [3.8, 4) is 11.5 Å². The fourth-order valence-corrected chi connectivity index (χ4v) is 4.96. The summed E-state index contributed by atoms with van der Waals surface area (Å²) in [4.78, 5) is 34.2. The van der Waals surface area contributed by atoms with Gasteiger partial charge in [0.25, 0.3) is 0 Å². The van der Waals surface area contributed by atoms with Crippen LogP contribution in [0.2, 0.25) is 0 Å². The largest absolute Gasteiger partial charge is 0.780 e. The maximum atomic E-state index is 12.5. The summed E-state index contributed by atoms with van der Waals surface area (Å²) in [5.41, 5.74) is 4.83. The van der Waals surface area contributed by atoms with Crippen molar-refractivity contribution >= 4 is 13.8 Å². The Bertz CT molecular complexity index is 1220. The molecule has 1 unspecified atom stereocenters. The summed E-state index contributed by atoms with van der Waals surface area (Å²) in [5.74, 6) is -0.593. The minimum atomic E-state index is -5.18. The molecule has 0 amide bonds. The van der Waals surface area contributed by atoms with Crippen LogP contribution in [0.1, 0.15) is 59.2 Å². The minimum absolute atomic E-state index is 0.0573. The number of ether oxygens (including phenoxy) is 1. The zero-order valence-corrected chi connectivity index (χ0v) is 20.0. The minimum Gasteiger partial charge on any atom is -0.780 e. The number of hydrogen-bond acceptors (Lipinski definition) is 7. The van der Waals surface area contributed by atoms with Gasteiger partial charge in [0.05, 0.1) is 11.6 Å². The fourth-order valence-electron chi connectivity index (χ4n) is 4.58. The van der Waals surface area contributed by atoms with Gasteiger partial charge in [-0.2, -0.15) is 0 Å². The zero-order chi connectivity index (χ0) is 25.1. The molecule has 3 aromatic carbocycles. The van der Waals surface area contributed by atoms with E-state index in [1.54, 1.807) is 36.4 Å². The van der Waals surface area contributed by atoms with Crippen LogP contribution in [0.4, 0.5) is 0 Å². The molecule has 1 aliphatic heterocycles. The van der Waals surface area contributed by atoms with Crippen molar-refractivity contribution in [1.29, 1.82) is 0 Å². The number of carbonyl (C=O) groups is 1. The number of quaternary nitrogens is 1. The molecule has 184 valence electrons. The quantitative estimate of drug-likeness (QED) is 0.417. The van der Waals surface area contributed by atoms with Crippen molar-refractivity contribution < 1.29 is 39.2 Å². The van der Waals surface area contributed by atoms with Gasteiger partial charge in [0.2, 0.25) is 0 Å². The molecule has 5 rings (SSSR count). The van der Waals surface area contributed by atoms with Crippen LogP contribution < -0.4 is 20.0 Å². The van der Waals surface area contributed by atoms with E-state index in [0.29, 0.717) is 22.3 Å². The Labute approximate surface area is 203 Å². The average Bonchev–Trinajstić information content (AvgIpc) is 3.13. The van der Waals surface area contributed by atoms with Crippen molar-refractivity contribution in [3.05, 3.63) is 95.1 Å². The highest BCUT2D eigenvalue weighted by molar-refractivity contribution is 7.43. The molecule has 1 aliphatic carbocycles. The van der Waals surface area contributed by atoms with Gasteiger partial charge >= 0.3 is 5.97 Å². The van der Waals surface area contributed by atoms with E-state index >= 15 is 0 Å². The van der Waals surface area contributed by atoms with E-state index in [1.807, 2.05) is 0 Å². The smallest absolute Gasteiger partial charge is 0.340 e. The van der Waals surface area contributed by atoms with Gasteiger partial charge < -0.3 is 34.5 Å². The molecule has 0 spiro atoms. The average molecular weight is 496 g/mol. The van der Waals surface area contributed by atoms with Gasteiger partial charge in [-0.3, -0.25) is 0 Å². The Morgan fingerprint density at radius 1 is 0.914 bits per heavy atom. The molecule has 0 saturated heterocycles. The molecule has 4 N–H and O–H groups in total. The number of esters is 1. The first kappa shape index (κ1) is 24.9. The lowest BCUT2D eigenvalue weighted by Crippen LogP contribution is -2.61. The summed E-state index contributed by atoms with van der Waals surface area (Å²) in [6.45, 7) is 0. The van der Waals surface area contributed by atoms with Gasteiger partial charge in [-0.05, 0) is 56.0 Å². The van der Waals surface area contributed by atoms with Crippen molar-refractivity contribution in [2.24, 2.45) is 0 Å². The first-order chi connectivity index (χ1) is 16.7. The maximum Gasteiger partial charge on any atom is 0.340 e. The molecule has 9 heteroatoms. The van der Waals surface area contributed by atoms with E-state index in [2.05, 4.69) is 10.3 Å². The number of benzene rings is 3. The lowest BCUT2D eigenvalue weighted by molar-refractivity contribution is -0.425. The Morgan fingerprint density at radius 2 is 1.49 bits per heavy atom. The maximum absolute atomic E-state index is 12.5. The number of aromatic hydroxyl groups is 1. The third-order valence-corrected chi connectivity index (χ3v) is 6.68. The highest BCUT2D eigenvalue weighted by Gasteiger charge is 2.48. The van der Waals surface area contributed by atoms with Gasteiger partial charge in [-0.25, -0.2) is 4.79 Å². The summed E-state index contributed by atoms with van der Waals surface area (Å²) in [6, 6.07) is 19.6. The Balaban J connectivity index is 0.000000356. The number of cyclic esters (lactones) is 1. The van der Waals surface area contributed by atoms with Crippen LogP contribution in [0.3, 0.4) is 0 Å². The van der Waals surface area contributed by atoms with Crippen LogP contribution in [0.15, 0.2) is 72.8 Å². The van der Waals surface area contributed by atoms with Crippen LogP contribution >= 0.6 is 7.82 Å². The van der Waals surface area contributed by atoms with E-state index in [-0.39, 0.29) is 11.5 Å². The Hall–Kier alpha value is -3.16. The third-order valence-electron chi connectivity index (χ3n) is 6.25. The third kappa shape index (κ3) is 5.57. The van der Waals surface area contributed by atoms with Crippen LogP contribution in [0.25, 0.3) is 0 Å². The van der Waals surface area contributed by atoms with Crippen molar-refractivity contribution in [3.63, 3.8) is 0 Å². The Morgan fingerprint density at radius 3 is 2.03 bits per heavy atom. The van der Waals surface area contributed by atoms with Crippen molar-refractivity contribution in [2.45, 2.75) is 43.7 Å². The lowest BCUT2D eigenvalue weighted by atomic mass is 9.80. The second-order valence-corrected chi connectivity index (χ2v) is 9.81. The summed E-state index contributed by atoms with van der Waals surface area (Å²) >= 11 is 0. The normalized spacial score (nSPS) is 19.8. The molecular formula is C26H27NO7P-. The molecule has 1 saturated carbocycles. The lowest BCUT2D eigenvalue weighted by Gasteiger charge is -2.31. The standard InChI is InChI=1S/C20H15O7P.C6H13N/c21-15-9-5-13(6-10-15)20(18-4-2-1-3-17(18)19(22)26-20)14-7-11-16(12-8-14)27-28(23,24)25;7-6-4-2-1-3-5-6/h1-12,21H,(H2,23,24,25);6H,1-5,7H2/p-1. The van der Waals surface area contributed by atoms with Crippen LogP contribution in [-0.4, -0.2) is 17.1 Å². The molecule has 0 aromatic heterocycles.